The van der Waals surface area contributed by atoms with E-state index in [1.54, 1.807) is 0 Å². The van der Waals surface area contributed by atoms with E-state index in [-0.39, 0.29) is 5.82 Å². The summed E-state index contributed by atoms with van der Waals surface area (Å²) in [5.41, 5.74) is 9.06. The molecule has 0 unspecified atom stereocenters. The summed E-state index contributed by atoms with van der Waals surface area (Å²) >= 11 is 0. The molecule has 0 saturated heterocycles. The molecule has 0 fully saturated rings. The third-order valence-electron chi connectivity index (χ3n) is 5.57. The molecular formula is C29H20BF. The van der Waals surface area contributed by atoms with Crippen molar-refractivity contribution in [3.63, 3.8) is 0 Å². The Balaban J connectivity index is 1.89. The van der Waals surface area contributed by atoms with Gasteiger partial charge in [-0.15, -0.1) is 0 Å². The second-order valence-electron chi connectivity index (χ2n) is 7.52. The molecule has 31 heavy (non-hydrogen) atoms. The third-order valence-corrected chi connectivity index (χ3v) is 5.57. The first-order valence-corrected chi connectivity index (χ1v) is 10.4. The molecule has 0 saturated carbocycles. The van der Waals surface area contributed by atoms with Crippen molar-refractivity contribution < 1.29 is 4.39 Å². The van der Waals surface area contributed by atoms with Crippen molar-refractivity contribution in [2.24, 2.45) is 0 Å². The molecule has 0 N–H and O–H groups in total. The average molecular weight is 398 g/mol. The van der Waals surface area contributed by atoms with Gasteiger partial charge < -0.3 is 0 Å². The van der Waals surface area contributed by atoms with Crippen LogP contribution in [-0.4, -0.2) is 6.91 Å². The number of hydrogen-bond acceptors (Lipinski definition) is 0. The second kappa shape index (κ2) is 8.53. The fraction of sp³-hybridized carbons (Fsp3) is 0. The molecule has 0 spiro atoms. The van der Waals surface area contributed by atoms with Crippen LogP contribution in [0.5, 0.6) is 0 Å². The molecule has 0 atom stereocenters. The summed E-state index contributed by atoms with van der Waals surface area (Å²) in [5, 5.41) is 0. The van der Waals surface area contributed by atoms with Crippen molar-refractivity contribution >= 4 is 6.91 Å². The zero-order valence-electron chi connectivity index (χ0n) is 17.0. The van der Waals surface area contributed by atoms with Crippen molar-refractivity contribution in [1.29, 1.82) is 0 Å². The minimum absolute atomic E-state index is 0.228. The first-order valence-electron chi connectivity index (χ1n) is 10.4. The molecule has 0 aliphatic rings. The van der Waals surface area contributed by atoms with E-state index < -0.39 is 0 Å². The summed E-state index contributed by atoms with van der Waals surface area (Å²) in [7, 11) is 0. The van der Waals surface area contributed by atoms with Crippen molar-refractivity contribution in [2.45, 2.75) is 0 Å². The second-order valence-corrected chi connectivity index (χ2v) is 7.52. The predicted octanol–water partition coefficient (Wildman–Crippen LogP) is 7.83. The van der Waals surface area contributed by atoms with Gasteiger partial charge in [0.25, 0.3) is 0 Å². The monoisotopic (exact) mass is 398 g/mol. The summed E-state index contributed by atoms with van der Waals surface area (Å²) in [6.07, 6.45) is 0. The number of rotatable bonds is 4. The van der Waals surface area contributed by atoms with Gasteiger partial charge in [-0.2, -0.15) is 0 Å². The van der Waals surface area contributed by atoms with Gasteiger partial charge in [-0.25, -0.2) is 0 Å². The molecule has 4 aromatic carbocycles. The van der Waals surface area contributed by atoms with Gasteiger partial charge in [0.05, 0.1) is 0 Å². The molecule has 1 heterocycles. The summed E-state index contributed by atoms with van der Waals surface area (Å²) in [4.78, 5) is 0. The van der Waals surface area contributed by atoms with Gasteiger partial charge in [-0.3, -0.25) is 0 Å². The Morgan fingerprint density at radius 2 is 0.935 bits per heavy atom. The van der Waals surface area contributed by atoms with E-state index in [1.807, 2.05) is 30.3 Å². The predicted molar refractivity (Wildman–Crippen MR) is 129 cm³/mol. The molecule has 1 aromatic heterocycles. The molecule has 0 aliphatic carbocycles. The van der Waals surface area contributed by atoms with E-state index in [4.69, 9.17) is 0 Å². The first-order chi connectivity index (χ1) is 15.3. The van der Waals surface area contributed by atoms with Gasteiger partial charge in [-0.1, -0.05) is 0 Å². The van der Waals surface area contributed by atoms with E-state index in [1.165, 1.54) is 28.7 Å². The first kappa shape index (κ1) is 19.2. The van der Waals surface area contributed by atoms with Crippen molar-refractivity contribution in [3.8, 4) is 44.4 Å². The molecule has 5 aromatic rings. The maximum atomic E-state index is 13.7. The van der Waals surface area contributed by atoms with Gasteiger partial charge in [0.1, 0.15) is 0 Å². The molecule has 0 amide bonds. The summed E-state index contributed by atoms with van der Waals surface area (Å²) in [6, 6.07) is 38.2. The summed E-state index contributed by atoms with van der Waals surface area (Å²) in [5.74, 6) is 1.93. The third kappa shape index (κ3) is 3.85. The van der Waals surface area contributed by atoms with Crippen molar-refractivity contribution in [3.05, 3.63) is 127 Å². The van der Waals surface area contributed by atoms with Crippen LogP contribution in [0.2, 0.25) is 0 Å². The van der Waals surface area contributed by atoms with Crippen molar-refractivity contribution in [1.82, 2.24) is 0 Å². The average Bonchev–Trinajstić information content (AvgIpc) is 2.85. The zero-order chi connectivity index (χ0) is 21.0. The molecule has 146 valence electrons. The van der Waals surface area contributed by atoms with Gasteiger partial charge >= 0.3 is 183 Å². The van der Waals surface area contributed by atoms with Crippen LogP contribution in [0.15, 0.2) is 121 Å². The Kier molecular flexibility index (Phi) is 5.29. The SMILES string of the molecule is Fc1ccc(-c2cbc(-c3ccccc3)c(-c3ccccc3)c2-c2ccccc2)cc1. The van der Waals surface area contributed by atoms with E-state index in [2.05, 4.69) is 85.7 Å². The molecule has 0 nitrogen and oxygen atoms in total. The standard InChI is InChI=1S/C29H20BF/c31-25-18-16-21(17-19-25)26-20-30-29(24-14-8-3-9-15-24)28(23-12-6-2-7-13-23)27(26)22-10-4-1-5-11-22/h1-20H. The van der Waals surface area contributed by atoms with Crippen LogP contribution in [0.1, 0.15) is 0 Å². The topological polar surface area (TPSA) is 0 Å². The Labute approximate surface area is 182 Å². The van der Waals surface area contributed by atoms with Crippen LogP contribution in [0.3, 0.4) is 0 Å². The molecule has 0 radical (unpaired) electrons. The van der Waals surface area contributed by atoms with Crippen LogP contribution in [0.4, 0.5) is 4.39 Å². The minimum atomic E-state index is -0.228. The zero-order valence-corrected chi connectivity index (χ0v) is 17.0. The van der Waals surface area contributed by atoms with Crippen LogP contribution in [-0.2, 0) is 0 Å². The van der Waals surface area contributed by atoms with Crippen LogP contribution >= 0.6 is 0 Å². The van der Waals surface area contributed by atoms with Crippen molar-refractivity contribution in [2.75, 3.05) is 0 Å². The molecule has 0 aliphatic heterocycles. The van der Waals surface area contributed by atoms with E-state index in [0.29, 0.717) is 0 Å². The van der Waals surface area contributed by atoms with Gasteiger partial charge in [-0.05, 0) is 0 Å². The van der Waals surface area contributed by atoms with Gasteiger partial charge in [0.15, 0.2) is 0 Å². The number of halogens is 1. The Morgan fingerprint density at radius 3 is 1.48 bits per heavy atom. The normalized spacial score (nSPS) is 10.6. The van der Waals surface area contributed by atoms with E-state index in [0.717, 1.165) is 27.8 Å². The number of benzene rings is 4. The van der Waals surface area contributed by atoms with Gasteiger partial charge in [0.2, 0.25) is 0 Å². The van der Waals surface area contributed by atoms with Crippen LogP contribution in [0, 0.1) is 5.82 Å². The fourth-order valence-electron chi connectivity index (χ4n) is 4.14. The fourth-order valence-corrected chi connectivity index (χ4v) is 4.14. The van der Waals surface area contributed by atoms with Crippen LogP contribution in [0.25, 0.3) is 44.4 Å². The Morgan fingerprint density at radius 1 is 0.452 bits per heavy atom. The molecule has 2 heteroatoms. The summed E-state index contributed by atoms with van der Waals surface area (Å²) in [6.45, 7) is 2.18. The molecule has 5 rings (SSSR count). The maximum absolute atomic E-state index is 13.7. The Hall–Kier alpha value is -3.78. The quantitative estimate of drug-likeness (QED) is 0.289. The van der Waals surface area contributed by atoms with Crippen LogP contribution < -0.4 is 0 Å². The van der Waals surface area contributed by atoms with E-state index in [9.17, 15) is 4.39 Å². The number of hydrogen-bond donors (Lipinski definition) is 0. The summed E-state index contributed by atoms with van der Waals surface area (Å²) < 4.78 is 13.7. The van der Waals surface area contributed by atoms with E-state index >= 15 is 0 Å². The molecule has 0 bridgehead atoms. The molecular weight excluding hydrogens is 378 g/mol. The van der Waals surface area contributed by atoms with Gasteiger partial charge in [0, 0.05) is 0 Å². The Bertz CT molecular complexity index is 1300.